The van der Waals surface area contributed by atoms with Gasteiger partial charge in [0, 0.05) is 62.5 Å². The third-order valence-electron chi connectivity index (χ3n) is 4.57. The molecule has 0 radical (unpaired) electrons. The van der Waals surface area contributed by atoms with E-state index in [4.69, 9.17) is 0 Å². The molecule has 1 amide bonds. The summed E-state index contributed by atoms with van der Waals surface area (Å²) in [6.07, 6.45) is 2.83. The molecule has 3 aromatic rings. The van der Waals surface area contributed by atoms with Gasteiger partial charge in [-0.2, -0.15) is 10.2 Å². The van der Waals surface area contributed by atoms with Crippen molar-refractivity contribution in [3.05, 3.63) is 35.7 Å². The Balaban J connectivity index is 1.68. The molecule has 0 unspecified atom stereocenters. The number of rotatable bonds is 2. The first kappa shape index (κ1) is 14.7. The molecule has 2 aromatic heterocycles. The Labute approximate surface area is 139 Å². The van der Waals surface area contributed by atoms with Gasteiger partial charge in [-0.15, -0.1) is 0 Å². The highest BCUT2D eigenvalue weighted by atomic mass is 16.2. The molecule has 0 bridgehead atoms. The van der Waals surface area contributed by atoms with E-state index in [0.717, 1.165) is 40.9 Å². The Morgan fingerprint density at radius 2 is 2.08 bits per heavy atom. The first-order valence-electron chi connectivity index (χ1n) is 8.02. The number of hydrogen-bond donors (Lipinski definition) is 1. The first-order chi connectivity index (χ1) is 11.5. The van der Waals surface area contributed by atoms with Crippen molar-refractivity contribution >= 4 is 28.3 Å². The van der Waals surface area contributed by atoms with Crippen LogP contribution in [0.3, 0.4) is 0 Å². The SMILES string of the molecule is CC(=O)N1CCc2c(c(Nc3ccc4nn(C)cc4c3)nn2C)C1. The number of benzene rings is 1. The fraction of sp³-hybridized carbons (Fsp3) is 0.353. The molecule has 1 aromatic carbocycles. The largest absolute Gasteiger partial charge is 0.338 e. The Bertz CT molecular complexity index is 938. The smallest absolute Gasteiger partial charge is 0.219 e. The van der Waals surface area contributed by atoms with Crippen molar-refractivity contribution in [1.29, 1.82) is 0 Å². The van der Waals surface area contributed by atoms with Gasteiger partial charge in [0.05, 0.1) is 12.1 Å². The van der Waals surface area contributed by atoms with E-state index in [9.17, 15) is 4.79 Å². The summed E-state index contributed by atoms with van der Waals surface area (Å²) in [5.41, 5.74) is 4.23. The lowest BCUT2D eigenvalue weighted by Gasteiger charge is -2.26. The zero-order chi connectivity index (χ0) is 16.8. The van der Waals surface area contributed by atoms with Gasteiger partial charge in [0.2, 0.25) is 5.91 Å². The molecule has 4 rings (SSSR count). The summed E-state index contributed by atoms with van der Waals surface area (Å²) in [6.45, 7) is 2.98. The summed E-state index contributed by atoms with van der Waals surface area (Å²) in [4.78, 5) is 13.6. The predicted molar refractivity (Wildman–Crippen MR) is 92.0 cm³/mol. The quantitative estimate of drug-likeness (QED) is 0.782. The molecule has 0 aliphatic carbocycles. The Morgan fingerprint density at radius 3 is 2.88 bits per heavy atom. The van der Waals surface area contributed by atoms with Crippen molar-refractivity contribution in [2.45, 2.75) is 19.9 Å². The lowest BCUT2D eigenvalue weighted by atomic mass is 10.1. The van der Waals surface area contributed by atoms with Crippen LogP contribution in [0.5, 0.6) is 0 Å². The predicted octanol–water partition coefficient (Wildman–Crippen LogP) is 1.95. The third kappa shape index (κ3) is 2.42. The Hall–Kier alpha value is -2.83. The summed E-state index contributed by atoms with van der Waals surface area (Å²) in [5, 5.41) is 13.5. The first-order valence-corrected chi connectivity index (χ1v) is 8.02. The molecule has 1 aliphatic rings. The van der Waals surface area contributed by atoms with Crippen LogP contribution in [-0.2, 0) is 31.9 Å². The zero-order valence-corrected chi connectivity index (χ0v) is 14.1. The van der Waals surface area contributed by atoms with Gasteiger partial charge in [-0.1, -0.05) is 0 Å². The van der Waals surface area contributed by atoms with E-state index in [1.165, 1.54) is 5.69 Å². The van der Waals surface area contributed by atoms with Crippen LogP contribution < -0.4 is 5.32 Å². The van der Waals surface area contributed by atoms with Gasteiger partial charge < -0.3 is 10.2 Å². The average Bonchev–Trinajstić information content (AvgIpc) is 3.06. The van der Waals surface area contributed by atoms with E-state index in [-0.39, 0.29) is 5.91 Å². The van der Waals surface area contributed by atoms with Crippen LogP contribution in [0.25, 0.3) is 10.9 Å². The fourth-order valence-electron chi connectivity index (χ4n) is 3.33. The number of carbonyl (C=O) groups excluding carboxylic acids is 1. The summed E-state index contributed by atoms with van der Waals surface area (Å²) < 4.78 is 3.72. The van der Waals surface area contributed by atoms with Crippen LogP contribution in [0.2, 0.25) is 0 Å². The van der Waals surface area contributed by atoms with Crippen LogP contribution in [0.1, 0.15) is 18.2 Å². The third-order valence-corrected chi connectivity index (χ3v) is 4.57. The van der Waals surface area contributed by atoms with Gasteiger partial charge in [-0.05, 0) is 18.2 Å². The number of aryl methyl sites for hydroxylation is 2. The number of hydrogen-bond acceptors (Lipinski definition) is 4. The van der Waals surface area contributed by atoms with Gasteiger partial charge in [0.15, 0.2) is 5.82 Å². The second kappa shape index (κ2) is 5.36. The molecule has 7 heteroatoms. The topological polar surface area (TPSA) is 68.0 Å². The molecule has 1 aliphatic heterocycles. The minimum atomic E-state index is 0.104. The van der Waals surface area contributed by atoms with Gasteiger partial charge in [-0.3, -0.25) is 14.2 Å². The molecule has 0 saturated carbocycles. The van der Waals surface area contributed by atoms with Crippen LogP contribution in [0.4, 0.5) is 11.5 Å². The van der Waals surface area contributed by atoms with Crippen LogP contribution in [0, 0.1) is 0 Å². The minimum Gasteiger partial charge on any atom is -0.338 e. The average molecular weight is 324 g/mol. The molecule has 24 heavy (non-hydrogen) atoms. The highest BCUT2D eigenvalue weighted by molar-refractivity contribution is 5.83. The number of carbonyl (C=O) groups is 1. The molecule has 124 valence electrons. The van der Waals surface area contributed by atoms with Crippen molar-refractivity contribution in [3.8, 4) is 0 Å². The molecule has 0 spiro atoms. The molecule has 0 saturated heterocycles. The maximum Gasteiger partial charge on any atom is 0.219 e. The lowest BCUT2D eigenvalue weighted by molar-refractivity contribution is -0.129. The van der Waals surface area contributed by atoms with Crippen molar-refractivity contribution in [1.82, 2.24) is 24.5 Å². The van der Waals surface area contributed by atoms with E-state index < -0.39 is 0 Å². The maximum absolute atomic E-state index is 11.7. The van der Waals surface area contributed by atoms with Crippen LogP contribution >= 0.6 is 0 Å². The fourth-order valence-corrected chi connectivity index (χ4v) is 3.33. The number of anilines is 2. The monoisotopic (exact) mass is 324 g/mol. The Kier molecular flexibility index (Phi) is 3.30. The summed E-state index contributed by atoms with van der Waals surface area (Å²) in [5.74, 6) is 0.925. The number of aromatic nitrogens is 4. The van der Waals surface area contributed by atoms with Crippen molar-refractivity contribution in [2.24, 2.45) is 14.1 Å². The second-order valence-corrected chi connectivity index (χ2v) is 6.29. The van der Waals surface area contributed by atoms with Crippen molar-refractivity contribution in [2.75, 3.05) is 11.9 Å². The maximum atomic E-state index is 11.7. The van der Waals surface area contributed by atoms with Crippen molar-refractivity contribution in [3.63, 3.8) is 0 Å². The van der Waals surface area contributed by atoms with Crippen LogP contribution in [-0.4, -0.2) is 36.9 Å². The highest BCUT2D eigenvalue weighted by Gasteiger charge is 2.25. The number of fused-ring (bicyclic) bond motifs is 2. The van der Waals surface area contributed by atoms with E-state index in [1.807, 2.05) is 46.7 Å². The normalized spacial score (nSPS) is 14.0. The van der Waals surface area contributed by atoms with E-state index in [0.29, 0.717) is 6.54 Å². The van der Waals surface area contributed by atoms with Gasteiger partial charge >= 0.3 is 0 Å². The van der Waals surface area contributed by atoms with Gasteiger partial charge in [-0.25, -0.2) is 0 Å². The van der Waals surface area contributed by atoms with Gasteiger partial charge in [0.25, 0.3) is 0 Å². The second-order valence-electron chi connectivity index (χ2n) is 6.29. The number of nitrogens with one attached hydrogen (secondary N) is 1. The molecule has 0 fully saturated rings. The minimum absolute atomic E-state index is 0.104. The summed E-state index contributed by atoms with van der Waals surface area (Å²) in [7, 11) is 3.87. The highest BCUT2D eigenvalue weighted by Crippen LogP contribution is 2.29. The summed E-state index contributed by atoms with van der Waals surface area (Å²) in [6, 6.07) is 6.06. The summed E-state index contributed by atoms with van der Waals surface area (Å²) >= 11 is 0. The van der Waals surface area contributed by atoms with E-state index in [1.54, 1.807) is 6.92 Å². The molecular weight excluding hydrogens is 304 g/mol. The molecule has 3 heterocycles. The molecule has 0 atom stereocenters. The van der Waals surface area contributed by atoms with Crippen molar-refractivity contribution < 1.29 is 4.79 Å². The molecule has 7 nitrogen and oxygen atoms in total. The number of nitrogens with zero attached hydrogens (tertiary/aromatic N) is 5. The lowest BCUT2D eigenvalue weighted by Crippen LogP contribution is -2.34. The standard InChI is InChI=1S/C17H20N6O/c1-11(24)23-7-6-16-14(10-23)17(20-22(16)3)18-13-4-5-15-12(8-13)9-21(2)19-15/h4-5,8-9H,6-7,10H2,1-3H3,(H,18,20). The zero-order valence-electron chi connectivity index (χ0n) is 14.1. The Morgan fingerprint density at radius 1 is 1.25 bits per heavy atom. The number of amides is 1. The van der Waals surface area contributed by atoms with E-state index in [2.05, 4.69) is 21.6 Å². The van der Waals surface area contributed by atoms with Gasteiger partial charge in [0.1, 0.15) is 0 Å². The molecular formula is C17H20N6O. The van der Waals surface area contributed by atoms with Crippen LogP contribution in [0.15, 0.2) is 24.4 Å². The van der Waals surface area contributed by atoms with E-state index >= 15 is 0 Å². The molecule has 1 N–H and O–H groups in total.